The van der Waals surface area contributed by atoms with E-state index < -0.39 is 37.0 Å². The van der Waals surface area contributed by atoms with Gasteiger partial charge in [0, 0.05) is 81.3 Å². The predicted molar refractivity (Wildman–Crippen MR) is 260 cm³/mol. The van der Waals surface area contributed by atoms with Crippen molar-refractivity contribution in [2.75, 3.05) is 125 Å². The fourth-order valence-corrected chi connectivity index (χ4v) is 9.51. The second kappa shape index (κ2) is 28.8. The van der Waals surface area contributed by atoms with E-state index in [2.05, 4.69) is 9.48 Å². The number of nitrogens with zero attached hydrogens (tertiary/aromatic N) is 2. The Labute approximate surface area is 408 Å². The smallest absolute Gasteiger partial charge is 0.303 e. The number of fused-ring (bicyclic) bond motifs is 2. The third kappa shape index (κ3) is 17.1. The number of hydrogen-bond acceptors (Lipinski definition) is 14. The summed E-state index contributed by atoms with van der Waals surface area (Å²) in [6, 6.07) is 9.23. The van der Waals surface area contributed by atoms with Crippen molar-refractivity contribution in [3.63, 3.8) is 0 Å². The summed E-state index contributed by atoms with van der Waals surface area (Å²) in [5.74, 6) is -0.859. The molecule has 20 heteroatoms. The standard InChI is InChI=1S/C49H72N2O16S2/c1-6-50-43-18-16-39(68(54,55)56)37-41(43)48(2,20-23-62-29-31-66-35-33-64-27-25-60-4)45(50)13-9-7-10-14-46-49(3,21-24-63-30-32-67-36-34-65-28-26-61-5)42-38-40(69(57,58)59)17-19-44(42)51(46)22-12-8-11-15-47(52)53/h7,9-10,13-14,16-19,37-38H,6,8,11-12,15,20-36H2,1-5H3,(H2-,52,53,54,55,56,57,58,59)/p+1. The summed E-state index contributed by atoms with van der Waals surface area (Å²) in [6.07, 6.45) is 12.5. The zero-order chi connectivity index (χ0) is 50.3. The lowest BCUT2D eigenvalue weighted by Gasteiger charge is -2.30. The lowest BCUT2D eigenvalue weighted by molar-refractivity contribution is -0.438. The third-order valence-electron chi connectivity index (χ3n) is 12.2. The highest BCUT2D eigenvalue weighted by Gasteiger charge is 2.48. The first-order chi connectivity index (χ1) is 33.0. The molecule has 0 amide bonds. The molecule has 0 spiro atoms. The number of carbonyl (C=O) groups is 1. The molecule has 2 heterocycles. The Bertz CT molecular complexity index is 2300. The lowest BCUT2D eigenvalue weighted by atomic mass is 9.76. The molecule has 2 aliphatic rings. The van der Waals surface area contributed by atoms with E-state index in [0.29, 0.717) is 143 Å². The number of rotatable bonds is 36. The van der Waals surface area contributed by atoms with Crippen LogP contribution in [0.15, 0.2) is 82.3 Å². The molecule has 2 atom stereocenters. The van der Waals surface area contributed by atoms with E-state index in [4.69, 9.17) is 37.9 Å². The van der Waals surface area contributed by atoms with Gasteiger partial charge in [0.15, 0.2) is 5.71 Å². The molecule has 0 aliphatic carbocycles. The Hall–Kier alpha value is -3.90. The van der Waals surface area contributed by atoms with Crippen LogP contribution >= 0.6 is 0 Å². The molecule has 0 bridgehead atoms. The maximum Gasteiger partial charge on any atom is 0.303 e. The van der Waals surface area contributed by atoms with Gasteiger partial charge in [-0.25, -0.2) is 0 Å². The summed E-state index contributed by atoms with van der Waals surface area (Å²) in [6.45, 7) is 12.8. The fourth-order valence-electron chi connectivity index (χ4n) is 8.49. The number of benzene rings is 2. The van der Waals surface area contributed by atoms with Crippen LogP contribution < -0.4 is 4.90 Å². The van der Waals surface area contributed by atoms with Crippen molar-refractivity contribution >= 4 is 43.3 Å². The molecule has 0 fully saturated rings. The van der Waals surface area contributed by atoms with E-state index in [1.165, 1.54) is 24.3 Å². The molecule has 0 saturated heterocycles. The normalized spacial score (nSPS) is 18.9. The van der Waals surface area contributed by atoms with Gasteiger partial charge in [0.2, 0.25) is 5.69 Å². The monoisotopic (exact) mass is 1010 g/mol. The minimum Gasteiger partial charge on any atom is -0.481 e. The van der Waals surface area contributed by atoms with Crippen LogP contribution in [-0.2, 0) is 73.8 Å². The Morgan fingerprint density at radius 1 is 0.638 bits per heavy atom. The van der Waals surface area contributed by atoms with Crippen LogP contribution in [0.1, 0.15) is 70.4 Å². The molecule has 18 nitrogen and oxygen atoms in total. The van der Waals surface area contributed by atoms with E-state index in [1.54, 1.807) is 26.4 Å². The SMILES string of the molecule is CCN1/C(=C/C=C/C=C/C2=[N+](CCCCCC(=O)O)c3ccc(S(=O)(=O)O)cc3C2(C)CCOCCOCCOCCOC)C(C)(CCOCCOCCOCCOC)c2cc(S(=O)(=O)O)ccc21. The van der Waals surface area contributed by atoms with Crippen molar-refractivity contribution in [2.24, 2.45) is 0 Å². The molecule has 69 heavy (non-hydrogen) atoms. The van der Waals surface area contributed by atoms with Crippen LogP contribution in [0.4, 0.5) is 11.4 Å². The van der Waals surface area contributed by atoms with Gasteiger partial charge in [-0.2, -0.15) is 21.4 Å². The Morgan fingerprint density at radius 3 is 1.64 bits per heavy atom. The first kappa shape index (κ1) is 57.7. The summed E-state index contributed by atoms with van der Waals surface area (Å²) in [5.41, 5.74) is 3.28. The van der Waals surface area contributed by atoms with Crippen LogP contribution in [-0.4, -0.2) is 167 Å². The number of anilines is 1. The van der Waals surface area contributed by atoms with Gasteiger partial charge < -0.3 is 47.9 Å². The molecule has 0 saturated carbocycles. The summed E-state index contributed by atoms with van der Waals surface area (Å²) >= 11 is 0. The second-order valence-corrected chi connectivity index (χ2v) is 19.8. The van der Waals surface area contributed by atoms with Crippen molar-refractivity contribution in [1.82, 2.24) is 0 Å². The molecular weight excluding hydrogens is 937 g/mol. The van der Waals surface area contributed by atoms with E-state index in [1.807, 2.05) is 51.2 Å². The van der Waals surface area contributed by atoms with Crippen molar-refractivity contribution in [3.05, 3.63) is 83.6 Å². The minimum atomic E-state index is -4.53. The second-order valence-electron chi connectivity index (χ2n) is 16.9. The molecule has 2 unspecified atom stereocenters. The van der Waals surface area contributed by atoms with Gasteiger partial charge in [0.05, 0.1) is 94.5 Å². The van der Waals surface area contributed by atoms with Gasteiger partial charge >= 0.3 is 5.97 Å². The fraction of sp³-hybridized carbons (Fsp3) is 0.592. The number of methoxy groups -OCH3 is 2. The van der Waals surface area contributed by atoms with Gasteiger partial charge in [0.25, 0.3) is 20.2 Å². The van der Waals surface area contributed by atoms with Gasteiger partial charge in [-0.15, -0.1) is 0 Å². The third-order valence-corrected chi connectivity index (χ3v) is 13.9. The Balaban J connectivity index is 1.62. The lowest BCUT2D eigenvalue weighted by Crippen LogP contribution is -2.33. The summed E-state index contributed by atoms with van der Waals surface area (Å²) in [4.78, 5) is 13.0. The first-order valence-corrected chi connectivity index (χ1v) is 26.3. The van der Waals surface area contributed by atoms with Crippen LogP contribution in [0.25, 0.3) is 0 Å². The Morgan fingerprint density at radius 2 is 1.13 bits per heavy atom. The zero-order valence-electron chi connectivity index (χ0n) is 40.8. The Kier molecular flexibility index (Phi) is 24.1. The van der Waals surface area contributed by atoms with Gasteiger partial charge in [-0.05, 0) is 88.4 Å². The number of allylic oxidation sites excluding steroid dienone is 6. The summed E-state index contributed by atoms with van der Waals surface area (Å²) in [5, 5.41) is 9.24. The van der Waals surface area contributed by atoms with Crippen molar-refractivity contribution < 1.29 is 78.3 Å². The van der Waals surface area contributed by atoms with Gasteiger partial charge in [-0.3, -0.25) is 13.9 Å². The van der Waals surface area contributed by atoms with Crippen molar-refractivity contribution in [3.8, 4) is 0 Å². The van der Waals surface area contributed by atoms with Crippen LogP contribution in [0.3, 0.4) is 0 Å². The highest BCUT2D eigenvalue weighted by Crippen LogP contribution is 2.50. The number of likely N-dealkylation sites (N-methyl/N-ethyl adjacent to an activating group) is 1. The summed E-state index contributed by atoms with van der Waals surface area (Å²) in [7, 11) is -5.80. The van der Waals surface area contributed by atoms with E-state index >= 15 is 0 Å². The molecule has 0 radical (unpaired) electrons. The predicted octanol–water partition coefficient (Wildman–Crippen LogP) is 6.15. The maximum atomic E-state index is 12.4. The molecule has 0 aromatic heterocycles. The first-order valence-electron chi connectivity index (χ1n) is 23.4. The quantitative estimate of drug-likeness (QED) is 0.0301. The number of aliphatic carboxylic acids is 1. The molecule has 2 aromatic carbocycles. The van der Waals surface area contributed by atoms with E-state index in [0.717, 1.165) is 28.3 Å². The number of carboxylic acid groups (broad SMARTS) is 1. The van der Waals surface area contributed by atoms with Crippen molar-refractivity contribution in [2.45, 2.75) is 79.9 Å². The maximum absolute atomic E-state index is 12.4. The molecule has 4 rings (SSSR count). The molecule has 3 N–H and O–H groups in total. The average molecular weight is 1010 g/mol. The molecule has 386 valence electrons. The van der Waals surface area contributed by atoms with E-state index in [-0.39, 0.29) is 16.2 Å². The highest BCUT2D eigenvalue weighted by molar-refractivity contribution is 7.86. The van der Waals surface area contributed by atoms with Crippen LogP contribution in [0.2, 0.25) is 0 Å². The number of hydrogen-bond donors (Lipinski definition) is 3. The number of unbranched alkanes of at least 4 members (excludes halogenated alkanes) is 2. The summed E-state index contributed by atoms with van der Waals surface area (Å²) < 4.78 is 116. The molecule has 2 aromatic rings. The zero-order valence-corrected chi connectivity index (χ0v) is 42.4. The van der Waals surface area contributed by atoms with Gasteiger partial charge in [-0.1, -0.05) is 18.2 Å². The average Bonchev–Trinajstić information content (AvgIpc) is 3.68. The topological polar surface area (TPSA) is 226 Å². The van der Waals surface area contributed by atoms with Crippen LogP contribution in [0, 0.1) is 0 Å². The minimum absolute atomic E-state index is 0.0560. The van der Waals surface area contributed by atoms with Crippen molar-refractivity contribution in [1.29, 1.82) is 0 Å². The molecule has 2 aliphatic heterocycles. The largest absolute Gasteiger partial charge is 0.481 e. The molecular formula is C49H73N2O16S2+. The van der Waals surface area contributed by atoms with E-state index in [9.17, 15) is 35.8 Å². The number of ether oxygens (including phenoxy) is 8. The number of carboxylic acids is 1. The highest BCUT2D eigenvalue weighted by atomic mass is 32.2. The van der Waals surface area contributed by atoms with Gasteiger partial charge in [0.1, 0.15) is 6.54 Å². The van der Waals surface area contributed by atoms with Crippen LogP contribution in [0.5, 0.6) is 0 Å².